The van der Waals surface area contributed by atoms with Gasteiger partial charge in [0.25, 0.3) is 0 Å². The molecule has 11 rings (SSSR count). The molecule has 246 valence electrons. The van der Waals surface area contributed by atoms with E-state index in [1.54, 1.807) is 0 Å². The number of hydrogen-bond donors (Lipinski definition) is 0. The molecule has 0 saturated carbocycles. The highest BCUT2D eigenvalue weighted by atomic mass is 16.3. The summed E-state index contributed by atoms with van der Waals surface area (Å²) in [7, 11) is 0. The van der Waals surface area contributed by atoms with Crippen LogP contribution >= 0.6 is 0 Å². The molecular weight excluding hydrogens is 641 g/mol. The molecule has 0 fully saturated rings. The highest BCUT2D eigenvalue weighted by molar-refractivity contribution is 6.08. The van der Waals surface area contributed by atoms with E-state index in [1.807, 2.05) is 0 Å². The van der Waals surface area contributed by atoms with Gasteiger partial charge in [-0.25, -0.2) is 0 Å². The summed E-state index contributed by atoms with van der Waals surface area (Å²) in [5, 5.41) is 12.2. The first-order valence-electron chi connectivity index (χ1n) is 18.2. The Balaban J connectivity index is 0.957. The third-order valence-electron chi connectivity index (χ3n) is 11.0. The van der Waals surface area contributed by atoms with Gasteiger partial charge in [0.2, 0.25) is 0 Å². The van der Waals surface area contributed by atoms with Crippen molar-refractivity contribution >= 4 is 65.0 Å². The summed E-state index contributed by atoms with van der Waals surface area (Å²) >= 11 is 0. The molecule has 0 unspecified atom stereocenters. The van der Waals surface area contributed by atoms with E-state index in [0.29, 0.717) is 0 Å². The molecule has 0 amide bonds. The largest absolute Gasteiger partial charge is 0.456 e. The van der Waals surface area contributed by atoms with Crippen LogP contribution in [-0.4, -0.2) is 0 Å². The van der Waals surface area contributed by atoms with Crippen molar-refractivity contribution in [1.29, 1.82) is 0 Å². The smallest absolute Gasteiger partial charge is 0.135 e. The van der Waals surface area contributed by atoms with Gasteiger partial charge in [-0.2, -0.15) is 0 Å². The summed E-state index contributed by atoms with van der Waals surface area (Å²) in [5.74, 6) is 0. The van der Waals surface area contributed by atoms with Crippen LogP contribution in [0, 0.1) is 0 Å². The number of benzene rings is 10. The predicted molar refractivity (Wildman–Crippen MR) is 225 cm³/mol. The van der Waals surface area contributed by atoms with E-state index in [9.17, 15) is 0 Å². The summed E-state index contributed by atoms with van der Waals surface area (Å²) in [6.45, 7) is 0. The first kappa shape index (κ1) is 29.7. The quantitative estimate of drug-likeness (QED) is 0.181. The SMILES string of the molecule is c1ccc2cc(-c3ccc4ccc(-c5ccc6oc7ccc(-c8ccc9ccc(-c%10ccc%11ccccc%11c%10)cc9c8)cc7c6c5)cc4c3)ccc2c1. The van der Waals surface area contributed by atoms with Crippen LogP contribution in [-0.2, 0) is 0 Å². The fourth-order valence-electron chi connectivity index (χ4n) is 8.09. The molecule has 53 heavy (non-hydrogen) atoms. The van der Waals surface area contributed by atoms with Crippen molar-refractivity contribution in [2.24, 2.45) is 0 Å². The maximum atomic E-state index is 6.37. The van der Waals surface area contributed by atoms with Crippen LogP contribution in [0.5, 0.6) is 0 Å². The molecule has 0 aliphatic rings. The molecule has 0 atom stereocenters. The van der Waals surface area contributed by atoms with E-state index >= 15 is 0 Å². The Morgan fingerprint density at radius 3 is 0.830 bits per heavy atom. The third-order valence-corrected chi connectivity index (χ3v) is 11.0. The zero-order valence-corrected chi connectivity index (χ0v) is 28.9. The van der Waals surface area contributed by atoms with Gasteiger partial charge in [-0.1, -0.05) is 133 Å². The van der Waals surface area contributed by atoms with Gasteiger partial charge < -0.3 is 4.42 Å². The van der Waals surface area contributed by atoms with Crippen LogP contribution in [0.1, 0.15) is 0 Å². The average Bonchev–Trinajstić information content (AvgIpc) is 3.60. The molecular formula is C52H32O. The monoisotopic (exact) mass is 672 g/mol. The number of furan rings is 1. The van der Waals surface area contributed by atoms with Gasteiger partial charge in [0.15, 0.2) is 0 Å². The highest BCUT2D eigenvalue weighted by Crippen LogP contribution is 2.37. The number of fused-ring (bicyclic) bond motifs is 7. The molecule has 1 aromatic heterocycles. The van der Waals surface area contributed by atoms with Crippen LogP contribution in [0.25, 0.3) is 110 Å². The molecule has 0 aliphatic carbocycles. The maximum Gasteiger partial charge on any atom is 0.135 e. The van der Waals surface area contributed by atoms with E-state index in [2.05, 4.69) is 194 Å². The van der Waals surface area contributed by atoms with Gasteiger partial charge in [-0.3, -0.25) is 0 Å². The van der Waals surface area contributed by atoms with Gasteiger partial charge >= 0.3 is 0 Å². The summed E-state index contributed by atoms with van der Waals surface area (Å²) < 4.78 is 6.37. The van der Waals surface area contributed by atoms with E-state index in [0.717, 1.165) is 21.9 Å². The lowest BCUT2D eigenvalue weighted by atomic mass is 9.95. The van der Waals surface area contributed by atoms with Gasteiger partial charge in [-0.15, -0.1) is 0 Å². The molecule has 10 aromatic carbocycles. The second-order valence-corrected chi connectivity index (χ2v) is 14.2. The molecule has 0 saturated heterocycles. The van der Waals surface area contributed by atoms with Crippen LogP contribution in [0.2, 0.25) is 0 Å². The minimum atomic E-state index is 0.902. The van der Waals surface area contributed by atoms with Crippen LogP contribution in [0.15, 0.2) is 199 Å². The molecule has 0 spiro atoms. The molecule has 11 aromatic rings. The summed E-state index contributed by atoms with van der Waals surface area (Å²) in [5.41, 5.74) is 11.5. The second kappa shape index (κ2) is 11.8. The molecule has 0 bridgehead atoms. The van der Waals surface area contributed by atoms with Crippen LogP contribution in [0.4, 0.5) is 0 Å². The van der Waals surface area contributed by atoms with E-state index in [4.69, 9.17) is 4.42 Å². The topological polar surface area (TPSA) is 13.1 Å². The van der Waals surface area contributed by atoms with Crippen molar-refractivity contribution in [3.63, 3.8) is 0 Å². The Morgan fingerprint density at radius 1 is 0.208 bits per heavy atom. The first-order chi connectivity index (χ1) is 26.2. The van der Waals surface area contributed by atoms with E-state index < -0.39 is 0 Å². The van der Waals surface area contributed by atoms with Gasteiger partial charge in [0.05, 0.1) is 0 Å². The molecule has 0 radical (unpaired) electrons. The molecule has 1 heterocycles. The lowest BCUT2D eigenvalue weighted by Gasteiger charge is -2.09. The minimum Gasteiger partial charge on any atom is -0.456 e. The fourth-order valence-corrected chi connectivity index (χ4v) is 8.09. The Morgan fingerprint density at radius 2 is 0.472 bits per heavy atom. The van der Waals surface area contributed by atoms with Crippen molar-refractivity contribution in [2.45, 2.75) is 0 Å². The standard InChI is InChI=1S/C52H32O/c1-3-7-37-25-39(15-9-33(37)5-1)41-17-11-35-13-19-43(29-47(35)27-41)45-21-23-51-49(31-45)50-32-46(22-24-52(50)53-51)44-20-14-36-12-18-42(28-48(36)30-44)40-16-10-34-6-2-4-8-38(34)26-40/h1-32H. The van der Waals surface area contributed by atoms with Gasteiger partial charge in [0.1, 0.15) is 11.2 Å². The van der Waals surface area contributed by atoms with E-state index in [1.165, 1.54) is 87.6 Å². The number of rotatable bonds is 4. The van der Waals surface area contributed by atoms with Crippen molar-refractivity contribution in [3.8, 4) is 44.5 Å². The summed E-state index contributed by atoms with van der Waals surface area (Å²) in [4.78, 5) is 0. The molecule has 1 nitrogen and oxygen atoms in total. The summed E-state index contributed by atoms with van der Waals surface area (Å²) in [6, 6.07) is 70.8. The summed E-state index contributed by atoms with van der Waals surface area (Å²) in [6.07, 6.45) is 0. The third kappa shape index (κ3) is 5.17. The zero-order chi connectivity index (χ0) is 34.9. The van der Waals surface area contributed by atoms with Crippen molar-refractivity contribution < 1.29 is 4.42 Å². The minimum absolute atomic E-state index is 0.902. The maximum absolute atomic E-state index is 6.37. The lowest BCUT2D eigenvalue weighted by Crippen LogP contribution is -1.83. The Labute approximate surface area is 307 Å². The van der Waals surface area contributed by atoms with Crippen molar-refractivity contribution in [1.82, 2.24) is 0 Å². The van der Waals surface area contributed by atoms with Crippen LogP contribution < -0.4 is 0 Å². The Kier molecular flexibility index (Phi) is 6.62. The normalized spacial score (nSPS) is 11.8. The lowest BCUT2D eigenvalue weighted by molar-refractivity contribution is 0.669. The molecule has 0 N–H and O–H groups in total. The van der Waals surface area contributed by atoms with Gasteiger partial charge in [-0.05, 0) is 148 Å². The Hall–Kier alpha value is -6.96. The number of hydrogen-bond acceptors (Lipinski definition) is 1. The van der Waals surface area contributed by atoms with Gasteiger partial charge in [0, 0.05) is 10.8 Å². The highest BCUT2D eigenvalue weighted by Gasteiger charge is 2.12. The van der Waals surface area contributed by atoms with Crippen molar-refractivity contribution in [3.05, 3.63) is 194 Å². The first-order valence-corrected chi connectivity index (χ1v) is 18.2. The zero-order valence-electron chi connectivity index (χ0n) is 28.9. The molecule has 1 heteroatoms. The molecule has 0 aliphatic heterocycles. The van der Waals surface area contributed by atoms with E-state index in [-0.39, 0.29) is 0 Å². The second-order valence-electron chi connectivity index (χ2n) is 14.2. The fraction of sp³-hybridized carbons (Fsp3) is 0. The van der Waals surface area contributed by atoms with Crippen LogP contribution in [0.3, 0.4) is 0 Å². The predicted octanol–water partition coefficient (Wildman–Crippen LogP) is 14.9. The average molecular weight is 673 g/mol. The Bertz CT molecular complexity index is 3020. The van der Waals surface area contributed by atoms with Crippen molar-refractivity contribution in [2.75, 3.05) is 0 Å².